The van der Waals surface area contributed by atoms with E-state index in [1.54, 1.807) is 4.74 Å². The molecule has 0 aliphatic rings. The Balaban J connectivity index is 4.99. The van der Waals surface area contributed by atoms with Gasteiger partial charge in [0.15, 0.2) is 6.86 Å². The van der Waals surface area contributed by atoms with E-state index in [9.17, 15) is 39.5 Å². The molecule has 0 fully saturated rings. The summed E-state index contributed by atoms with van der Waals surface area (Å²) in [5.41, 5.74) is 0. The van der Waals surface area contributed by atoms with E-state index in [1.165, 1.54) is 0 Å². The summed E-state index contributed by atoms with van der Waals surface area (Å²) in [6.45, 7) is -2.52. The van der Waals surface area contributed by atoms with Crippen LogP contribution in [0.3, 0.4) is 0 Å². The summed E-state index contributed by atoms with van der Waals surface area (Å²) in [6, 6.07) is 0. The molecule has 3 nitrogen and oxygen atoms in total. The Kier molecular flexibility index (Phi) is 4.30. The first kappa shape index (κ1) is 16.2. The second-order valence-electron chi connectivity index (χ2n) is 2.45. The average molecular weight is 282 g/mol. The predicted molar refractivity (Wildman–Crippen MR) is 30.2 cm³/mol. The van der Waals surface area contributed by atoms with Gasteiger partial charge >= 0.3 is 24.4 Å². The molecular formula is C5H3F9O3. The van der Waals surface area contributed by atoms with Crippen LogP contribution >= 0.6 is 0 Å². The Morgan fingerprint density at radius 2 is 1.18 bits per heavy atom. The lowest BCUT2D eigenvalue weighted by Crippen LogP contribution is -2.54. The van der Waals surface area contributed by atoms with E-state index in [0.717, 1.165) is 0 Å². The van der Waals surface area contributed by atoms with Gasteiger partial charge in [0.05, 0.1) is 0 Å². The number of aliphatic hydroxyl groups is 1. The van der Waals surface area contributed by atoms with Crippen LogP contribution in [-0.2, 0) is 9.47 Å². The first-order valence-electron chi connectivity index (χ1n) is 3.40. The van der Waals surface area contributed by atoms with Crippen molar-refractivity contribution in [3.05, 3.63) is 0 Å². The van der Waals surface area contributed by atoms with Gasteiger partial charge < -0.3 is 5.11 Å². The van der Waals surface area contributed by atoms with E-state index < -0.39 is 31.3 Å². The third-order valence-corrected chi connectivity index (χ3v) is 1.18. The molecule has 0 aromatic heterocycles. The van der Waals surface area contributed by atoms with E-state index in [1.807, 2.05) is 0 Å². The highest BCUT2D eigenvalue weighted by Crippen LogP contribution is 2.44. The molecule has 0 aromatic rings. The SMILES string of the molecule is OC(F)(F)C(F)(F)OC(F)(F)C(F)(F)OCF. The fourth-order valence-electron chi connectivity index (χ4n) is 0.434. The van der Waals surface area contributed by atoms with Gasteiger partial charge in [0, 0.05) is 0 Å². The summed E-state index contributed by atoms with van der Waals surface area (Å²) in [4.78, 5) is 0. The number of halogens is 9. The van der Waals surface area contributed by atoms with E-state index in [2.05, 4.69) is 4.74 Å². The average Bonchev–Trinajstić information content (AvgIpc) is 1.98. The van der Waals surface area contributed by atoms with Crippen LogP contribution < -0.4 is 0 Å². The minimum Gasteiger partial charge on any atom is -0.329 e. The molecule has 0 bridgehead atoms. The summed E-state index contributed by atoms with van der Waals surface area (Å²) in [6.07, 6.45) is -24.7. The van der Waals surface area contributed by atoms with Crippen LogP contribution in [0.2, 0.25) is 0 Å². The van der Waals surface area contributed by atoms with Crippen molar-refractivity contribution in [2.45, 2.75) is 24.4 Å². The van der Waals surface area contributed by atoms with Crippen LogP contribution in [0.1, 0.15) is 0 Å². The Bertz CT molecular complexity index is 260. The predicted octanol–water partition coefficient (Wildman–Crippen LogP) is 2.31. The minimum absolute atomic E-state index is 1.80. The van der Waals surface area contributed by atoms with Crippen LogP contribution in [0, 0.1) is 0 Å². The second kappa shape index (κ2) is 4.49. The van der Waals surface area contributed by atoms with Crippen molar-refractivity contribution in [3.63, 3.8) is 0 Å². The largest absolute Gasteiger partial charge is 0.453 e. The maximum atomic E-state index is 12.2. The van der Waals surface area contributed by atoms with Gasteiger partial charge in [-0.2, -0.15) is 35.1 Å². The Morgan fingerprint density at radius 3 is 1.47 bits per heavy atom. The fraction of sp³-hybridized carbons (Fsp3) is 1.00. The standard InChI is InChI=1S/C5H3F9O3/c6-1-16-4(11,12)5(13,14)17-3(9,10)2(7,8)15/h15H,1H2. The number of alkyl halides is 9. The molecule has 104 valence electrons. The van der Waals surface area contributed by atoms with Gasteiger partial charge in [-0.1, -0.05) is 0 Å². The van der Waals surface area contributed by atoms with Crippen molar-refractivity contribution < 1.29 is 54.1 Å². The van der Waals surface area contributed by atoms with Gasteiger partial charge in [-0.15, -0.1) is 0 Å². The first-order chi connectivity index (χ1) is 7.27. The maximum Gasteiger partial charge on any atom is 0.453 e. The van der Waals surface area contributed by atoms with Crippen molar-refractivity contribution in [3.8, 4) is 0 Å². The minimum atomic E-state index is -6.33. The Morgan fingerprint density at radius 1 is 0.765 bits per heavy atom. The topological polar surface area (TPSA) is 38.7 Å². The van der Waals surface area contributed by atoms with Crippen LogP contribution in [-0.4, -0.2) is 36.4 Å². The second-order valence-corrected chi connectivity index (χ2v) is 2.45. The summed E-state index contributed by atoms with van der Waals surface area (Å²) < 4.78 is 111. The molecule has 17 heavy (non-hydrogen) atoms. The fourth-order valence-corrected chi connectivity index (χ4v) is 0.434. The molecule has 0 spiro atoms. The molecule has 0 aliphatic carbocycles. The van der Waals surface area contributed by atoms with E-state index in [4.69, 9.17) is 5.11 Å². The van der Waals surface area contributed by atoms with Crippen LogP contribution in [0.5, 0.6) is 0 Å². The van der Waals surface area contributed by atoms with Crippen molar-refractivity contribution >= 4 is 0 Å². The molecule has 0 saturated carbocycles. The zero-order valence-corrected chi connectivity index (χ0v) is 7.37. The molecule has 0 amide bonds. The molecule has 0 atom stereocenters. The van der Waals surface area contributed by atoms with Crippen LogP contribution in [0.15, 0.2) is 0 Å². The van der Waals surface area contributed by atoms with E-state index in [-0.39, 0.29) is 0 Å². The molecule has 0 rings (SSSR count). The zero-order valence-electron chi connectivity index (χ0n) is 7.37. The third-order valence-electron chi connectivity index (χ3n) is 1.18. The third kappa shape index (κ3) is 3.61. The van der Waals surface area contributed by atoms with Crippen molar-refractivity contribution in [1.29, 1.82) is 0 Å². The highest BCUT2D eigenvalue weighted by molar-refractivity contribution is 4.72. The molecule has 0 aromatic carbocycles. The monoisotopic (exact) mass is 282 g/mol. The molecule has 0 aliphatic heterocycles. The first-order valence-corrected chi connectivity index (χ1v) is 3.40. The van der Waals surface area contributed by atoms with Gasteiger partial charge in [-0.25, -0.2) is 9.13 Å². The van der Waals surface area contributed by atoms with E-state index in [0.29, 0.717) is 0 Å². The highest BCUT2D eigenvalue weighted by Gasteiger charge is 2.70. The lowest BCUT2D eigenvalue weighted by atomic mass is 10.5. The number of rotatable bonds is 6. The quantitative estimate of drug-likeness (QED) is 0.760. The maximum absolute atomic E-state index is 12.2. The number of hydrogen-bond acceptors (Lipinski definition) is 3. The highest BCUT2D eigenvalue weighted by atomic mass is 19.3. The van der Waals surface area contributed by atoms with Crippen LogP contribution in [0.25, 0.3) is 0 Å². The normalized spacial score (nSPS) is 15.2. The molecule has 0 heterocycles. The lowest BCUT2D eigenvalue weighted by molar-refractivity contribution is -0.526. The van der Waals surface area contributed by atoms with Crippen LogP contribution in [0.4, 0.5) is 39.5 Å². The Hall–Kier alpha value is -0.750. The summed E-state index contributed by atoms with van der Waals surface area (Å²) in [7, 11) is 0. The smallest absolute Gasteiger partial charge is 0.329 e. The van der Waals surface area contributed by atoms with Crippen molar-refractivity contribution in [1.82, 2.24) is 0 Å². The van der Waals surface area contributed by atoms with Crippen molar-refractivity contribution in [2.75, 3.05) is 6.86 Å². The lowest BCUT2D eigenvalue weighted by Gasteiger charge is -2.29. The molecule has 1 N–H and O–H groups in total. The van der Waals surface area contributed by atoms with Gasteiger partial charge in [0.2, 0.25) is 0 Å². The summed E-state index contributed by atoms with van der Waals surface area (Å²) in [5.74, 6) is 0. The van der Waals surface area contributed by atoms with E-state index >= 15 is 0 Å². The van der Waals surface area contributed by atoms with Gasteiger partial charge in [0.25, 0.3) is 0 Å². The molecule has 12 heteroatoms. The molecular weight excluding hydrogens is 279 g/mol. The number of ether oxygens (including phenoxy) is 2. The molecule has 0 radical (unpaired) electrons. The summed E-state index contributed by atoms with van der Waals surface area (Å²) in [5, 5.41) is 7.40. The van der Waals surface area contributed by atoms with Gasteiger partial charge in [0.1, 0.15) is 0 Å². The number of hydrogen-bond donors (Lipinski definition) is 1. The van der Waals surface area contributed by atoms with Crippen molar-refractivity contribution in [2.24, 2.45) is 0 Å². The zero-order chi connectivity index (χ0) is 14.1. The van der Waals surface area contributed by atoms with Gasteiger partial charge in [-0.05, 0) is 0 Å². The summed E-state index contributed by atoms with van der Waals surface area (Å²) >= 11 is 0. The molecule has 0 saturated heterocycles. The Labute approximate surface area is 86.7 Å². The van der Waals surface area contributed by atoms with Gasteiger partial charge in [-0.3, -0.25) is 4.74 Å². The molecule has 0 unspecified atom stereocenters.